The Morgan fingerprint density at radius 3 is 2.57 bits per heavy atom. The van der Waals surface area contributed by atoms with E-state index in [1.807, 2.05) is 37.3 Å². The molecule has 0 saturated carbocycles. The van der Waals surface area contributed by atoms with Crippen LogP contribution in [0, 0.1) is 6.92 Å². The maximum atomic E-state index is 11.7. The van der Waals surface area contributed by atoms with E-state index in [-0.39, 0.29) is 5.91 Å². The molecule has 0 aliphatic carbocycles. The Hall–Kier alpha value is -1.84. The third-order valence-corrected chi connectivity index (χ3v) is 4.42. The first-order valence-electron chi connectivity index (χ1n) is 6.81. The van der Waals surface area contributed by atoms with Gasteiger partial charge in [0.15, 0.2) is 0 Å². The molecule has 2 aromatic carbocycles. The summed E-state index contributed by atoms with van der Waals surface area (Å²) in [6, 6.07) is 11.2. The molecule has 4 heteroatoms. The number of aliphatic hydroxyl groups is 1. The molecular formula is C17H16ClNO2. The number of fused-ring (bicyclic) bond motifs is 1. The minimum atomic E-state index is -0.741. The van der Waals surface area contributed by atoms with Gasteiger partial charge in [0.05, 0.1) is 6.42 Å². The van der Waals surface area contributed by atoms with Crippen LogP contribution in [0.25, 0.3) is 0 Å². The fourth-order valence-corrected chi connectivity index (χ4v) is 2.82. The van der Waals surface area contributed by atoms with Crippen LogP contribution in [0.1, 0.15) is 28.4 Å². The number of benzene rings is 2. The zero-order valence-corrected chi connectivity index (χ0v) is 12.7. The molecule has 2 aromatic rings. The zero-order valence-electron chi connectivity index (χ0n) is 11.9. The fourth-order valence-electron chi connectivity index (χ4n) is 2.63. The normalized spacial score (nSPS) is 15.2. The summed E-state index contributed by atoms with van der Waals surface area (Å²) in [5.41, 5.74) is 4.38. The third-order valence-electron chi connectivity index (χ3n) is 4.01. The van der Waals surface area contributed by atoms with Gasteiger partial charge in [-0.05, 0) is 41.3 Å². The van der Waals surface area contributed by atoms with Gasteiger partial charge in [0.25, 0.3) is 0 Å². The maximum Gasteiger partial charge on any atom is 0.231 e. The van der Waals surface area contributed by atoms with Crippen LogP contribution < -0.4 is 4.90 Å². The number of anilines is 1. The van der Waals surface area contributed by atoms with E-state index in [2.05, 4.69) is 0 Å². The smallest absolute Gasteiger partial charge is 0.231 e. The maximum absolute atomic E-state index is 11.7. The summed E-state index contributed by atoms with van der Waals surface area (Å²) in [6.07, 6.45) is -0.351. The number of amides is 1. The number of hydrogen-bond donors (Lipinski definition) is 1. The van der Waals surface area contributed by atoms with Gasteiger partial charge in [0.1, 0.15) is 6.10 Å². The quantitative estimate of drug-likeness (QED) is 0.925. The molecule has 0 saturated heterocycles. The van der Waals surface area contributed by atoms with Gasteiger partial charge >= 0.3 is 0 Å². The summed E-state index contributed by atoms with van der Waals surface area (Å²) in [7, 11) is 1.77. The van der Waals surface area contributed by atoms with Gasteiger partial charge in [-0.3, -0.25) is 4.79 Å². The predicted octanol–water partition coefficient (Wildman–Crippen LogP) is 3.25. The molecule has 3 rings (SSSR count). The number of likely N-dealkylation sites (N-methyl/N-ethyl adjacent to an activating group) is 1. The molecule has 1 N–H and O–H groups in total. The summed E-state index contributed by atoms with van der Waals surface area (Å²) in [6.45, 7) is 1.93. The molecule has 0 aromatic heterocycles. The van der Waals surface area contributed by atoms with E-state index in [9.17, 15) is 9.90 Å². The van der Waals surface area contributed by atoms with Crippen LogP contribution in [-0.2, 0) is 11.2 Å². The van der Waals surface area contributed by atoms with Crippen LogP contribution in [0.15, 0.2) is 36.4 Å². The fraction of sp³-hybridized carbons (Fsp3) is 0.235. The van der Waals surface area contributed by atoms with Crippen LogP contribution in [0.3, 0.4) is 0 Å². The summed E-state index contributed by atoms with van der Waals surface area (Å²) in [5, 5.41) is 11.2. The third kappa shape index (κ3) is 2.43. The summed E-state index contributed by atoms with van der Waals surface area (Å²) in [4.78, 5) is 13.4. The van der Waals surface area contributed by atoms with E-state index in [4.69, 9.17) is 11.6 Å². The molecule has 0 bridgehead atoms. The Kier molecular flexibility index (Phi) is 3.47. The molecule has 1 atom stereocenters. The summed E-state index contributed by atoms with van der Waals surface area (Å²) >= 11 is 6.11. The van der Waals surface area contributed by atoms with Crippen LogP contribution in [0.4, 0.5) is 5.69 Å². The number of rotatable bonds is 2. The lowest BCUT2D eigenvalue weighted by atomic mass is 9.98. The molecule has 1 unspecified atom stereocenters. The number of carbonyl (C=O) groups is 1. The number of carbonyl (C=O) groups excluding carboxylic acids is 1. The molecule has 108 valence electrons. The highest BCUT2D eigenvalue weighted by Crippen LogP contribution is 2.32. The molecule has 1 aliphatic rings. The molecule has 1 aliphatic heterocycles. The Morgan fingerprint density at radius 1 is 1.19 bits per heavy atom. The van der Waals surface area contributed by atoms with Crippen molar-refractivity contribution in [3.8, 4) is 0 Å². The molecule has 1 amide bonds. The van der Waals surface area contributed by atoms with Gasteiger partial charge in [0, 0.05) is 17.8 Å². The highest BCUT2D eigenvalue weighted by molar-refractivity contribution is 6.31. The van der Waals surface area contributed by atoms with E-state index in [1.165, 1.54) is 0 Å². The summed E-state index contributed by atoms with van der Waals surface area (Å²) < 4.78 is 0. The van der Waals surface area contributed by atoms with Crippen molar-refractivity contribution < 1.29 is 9.90 Å². The molecule has 0 spiro atoms. The SMILES string of the molecule is Cc1ccc(C(O)c2ccc3c(c2)CC(=O)N3C)cc1Cl. The second-order valence-corrected chi connectivity index (χ2v) is 5.84. The standard InChI is InChI=1S/C17H16ClNO2/c1-10-3-4-12(8-14(10)18)17(21)11-5-6-15-13(7-11)9-16(20)19(15)2/h3-8,17,21H,9H2,1-2H3. The minimum Gasteiger partial charge on any atom is -0.384 e. The Bertz CT molecular complexity index is 727. The van der Waals surface area contributed by atoms with Crippen molar-refractivity contribution in [2.45, 2.75) is 19.4 Å². The summed E-state index contributed by atoms with van der Waals surface area (Å²) in [5.74, 6) is 0.0787. The number of hydrogen-bond acceptors (Lipinski definition) is 2. The van der Waals surface area contributed by atoms with Crippen LogP contribution >= 0.6 is 11.6 Å². The van der Waals surface area contributed by atoms with Gasteiger partial charge in [-0.15, -0.1) is 0 Å². The van der Waals surface area contributed by atoms with Gasteiger partial charge in [0.2, 0.25) is 5.91 Å². The Labute approximate surface area is 128 Å². The Balaban J connectivity index is 1.96. The lowest BCUT2D eigenvalue weighted by Gasteiger charge is -2.15. The molecule has 3 nitrogen and oxygen atoms in total. The van der Waals surface area contributed by atoms with Crippen molar-refractivity contribution in [2.24, 2.45) is 0 Å². The van der Waals surface area contributed by atoms with Crippen LogP contribution in [0.5, 0.6) is 0 Å². The average molecular weight is 302 g/mol. The number of aliphatic hydroxyl groups excluding tert-OH is 1. The van der Waals surface area contributed by atoms with E-state index in [0.717, 1.165) is 27.9 Å². The van der Waals surface area contributed by atoms with Crippen molar-refractivity contribution >= 4 is 23.2 Å². The first-order valence-corrected chi connectivity index (χ1v) is 7.18. The van der Waals surface area contributed by atoms with Crippen molar-refractivity contribution in [3.05, 3.63) is 63.7 Å². The van der Waals surface area contributed by atoms with Crippen molar-refractivity contribution in [1.29, 1.82) is 0 Å². The second-order valence-electron chi connectivity index (χ2n) is 5.43. The van der Waals surface area contributed by atoms with E-state index >= 15 is 0 Å². The van der Waals surface area contributed by atoms with Gasteiger partial charge in [-0.25, -0.2) is 0 Å². The average Bonchev–Trinajstić information content (AvgIpc) is 2.76. The molecule has 1 heterocycles. The highest BCUT2D eigenvalue weighted by Gasteiger charge is 2.25. The monoisotopic (exact) mass is 301 g/mol. The second kappa shape index (κ2) is 5.17. The van der Waals surface area contributed by atoms with E-state index in [0.29, 0.717) is 11.4 Å². The van der Waals surface area contributed by atoms with Crippen molar-refractivity contribution in [2.75, 3.05) is 11.9 Å². The number of aryl methyl sites for hydroxylation is 1. The topological polar surface area (TPSA) is 40.5 Å². The van der Waals surface area contributed by atoms with Gasteiger partial charge in [-0.1, -0.05) is 35.9 Å². The van der Waals surface area contributed by atoms with Crippen LogP contribution in [-0.4, -0.2) is 18.1 Å². The molecule has 0 fully saturated rings. The predicted molar refractivity (Wildman–Crippen MR) is 83.8 cm³/mol. The first kappa shape index (κ1) is 14.1. The highest BCUT2D eigenvalue weighted by atomic mass is 35.5. The molecular weight excluding hydrogens is 286 g/mol. The van der Waals surface area contributed by atoms with Crippen molar-refractivity contribution in [3.63, 3.8) is 0 Å². The van der Waals surface area contributed by atoms with Gasteiger partial charge in [-0.2, -0.15) is 0 Å². The Morgan fingerprint density at radius 2 is 1.86 bits per heavy atom. The number of nitrogens with zero attached hydrogens (tertiary/aromatic N) is 1. The lowest BCUT2D eigenvalue weighted by Crippen LogP contribution is -2.20. The lowest BCUT2D eigenvalue weighted by molar-refractivity contribution is -0.117. The van der Waals surface area contributed by atoms with E-state index in [1.54, 1.807) is 18.0 Å². The van der Waals surface area contributed by atoms with Crippen LogP contribution in [0.2, 0.25) is 5.02 Å². The molecule has 0 radical (unpaired) electrons. The zero-order chi connectivity index (χ0) is 15.1. The minimum absolute atomic E-state index is 0.0787. The molecule has 21 heavy (non-hydrogen) atoms. The first-order chi connectivity index (χ1) is 9.97. The number of halogens is 1. The van der Waals surface area contributed by atoms with Gasteiger partial charge < -0.3 is 10.0 Å². The van der Waals surface area contributed by atoms with Crippen molar-refractivity contribution in [1.82, 2.24) is 0 Å². The van der Waals surface area contributed by atoms with E-state index < -0.39 is 6.10 Å². The largest absolute Gasteiger partial charge is 0.384 e.